The lowest BCUT2D eigenvalue weighted by Gasteiger charge is -2.28. The van der Waals surface area contributed by atoms with Crippen molar-refractivity contribution in [1.29, 1.82) is 0 Å². The van der Waals surface area contributed by atoms with Crippen molar-refractivity contribution in [3.63, 3.8) is 0 Å². The van der Waals surface area contributed by atoms with Crippen LogP contribution in [0.3, 0.4) is 0 Å². The number of rotatable bonds is 5. The molecular weight excluding hydrogens is 807 g/mol. The van der Waals surface area contributed by atoms with Crippen molar-refractivity contribution in [3.05, 3.63) is 210 Å². The summed E-state index contributed by atoms with van der Waals surface area (Å²) in [7, 11) is 0. The summed E-state index contributed by atoms with van der Waals surface area (Å²) in [5, 5.41) is 6.92. The van der Waals surface area contributed by atoms with E-state index in [2.05, 4.69) is 209 Å². The fourth-order valence-electron chi connectivity index (χ4n) is 12.0. The summed E-state index contributed by atoms with van der Waals surface area (Å²) in [5.74, 6) is 0. The second kappa shape index (κ2) is 13.2. The van der Waals surface area contributed by atoms with E-state index < -0.39 is 0 Å². The van der Waals surface area contributed by atoms with Crippen LogP contribution >= 0.6 is 0 Å². The van der Waals surface area contributed by atoms with Crippen LogP contribution in [0.4, 0.5) is 17.1 Å². The standard InChI is InChI=1S/C62H43NO3/c1-61(2)46-33-35-51-53(55(46)58-57(61)45-32-34-52-54(56(45)62(58,3)4)43-20-10-13-27-50(43)64-52)44-23-14-21-40(59(44)66-51)37-28-30-38(31-29-37)63(47-24-11-8-18-39(47)36-16-6-5-7-17-36)48-25-15-22-42-41-19-9-12-26-49(41)65-60(42)48/h5-35H,1-4H3. The number of anilines is 3. The fourth-order valence-corrected chi connectivity index (χ4v) is 12.0. The molecule has 2 aliphatic rings. The average molecular weight is 850 g/mol. The number of nitrogens with zero attached hydrogens (tertiary/aromatic N) is 1. The second-order valence-electron chi connectivity index (χ2n) is 19.1. The van der Waals surface area contributed by atoms with Crippen LogP contribution in [0.2, 0.25) is 0 Å². The molecule has 0 bridgehead atoms. The largest absolute Gasteiger partial charge is 0.456 e. The SMILES string of the molecule is CC1(C)C2=C(c3c1ccc1oc4c(-c5ccc(N(c6ccccc6-c6ccccc6)c6cccc7c6oc6ccccc67)cc5)cccc4c31)C(C)(C)c1c2ccc2oc3ccccc3c12. The molecule has 9 aromatic carbocycles. The first kappa shape index (κ1) is 37.3. The van der Waals surface area contributed by atoms with Gasteiger partial charge in [0.2, 0.25) is 0 Å². The molecule has 0 amide bonds. The minimum absolute atomic E-state index is 0.219. The molecule has 0 saturated carbocycles. The molecule has 0 spiro atoms. The van der Waals surface area contributed by atoms with E-state index in [0.717, 1.165) is 89.0 Å². The van der Waals surface area contributed by atoms with E-state index in [0.29, 0.717) is 0 Å². The maximum atomic E-state index is 7.04. The van der Waals surface area contributed by atoms with Gasteiger partial charge in [-0.1, -0.05) is 167 Å². The van der Waals surface area contributed by atoms with Crippen LogP contribution in [-0.2, 0) is 10.8 Å². The number of hydrogen-bond donors (Lipinski definition) is 0. The molecule has 0 radical (unpaired) electrons. The zero-order valence-corrected chi connectivity index (χ0v) is 37.1. The molecule has 12 aromatic rings. The second-order valence-corrected chi connectivity index (χ2v) is 19.1. The predicted molar refractivity (Wildman–Crippen MR) is 273 cm³/mol. The Labute approximate surface area is 381 Å². The molecule has 0 saturated heterocycles. The Morgan fingerprint density at radius 3 is 1.80 bits per heavy atom. The van der Waals surface area contributed by atoms with Gasteiger partial charge in [-0.2, -0.15) is 0 Å². The van der Waals surface area contributed by atoms with Gasteiger partial charge in [0.1, 0.15) is 27.9 Å². The van der Waals surface area contributed by atoms with E-state index in [4.69, 9.17) is 13.3 Å². The lowest BCUT2D eigenvalue weighted by Crippen LogP contribution is -2.19. The van der Waals surface area contributed by atoms with Crippen LogP contribution in [0, 0.1) is 0 Å². The Kier molecular flexibility index (Phi) is 7.49. The molecule has 14 rings (SSSR count). The number of fused-ring (bicyclic) bond motifs is 15. The topological polar surface area (TPSA) is 42.7 Å². The van der Waals surface area contributed by atoms with Gasteiger partial charge in [0.25, 0.3) is 0 Å². The lowest BCUT2D eigenvalue weighted by atomic mass is 9.74. The Bertz CT molecular complexity index is 4040. The van der Waals surface area contributed by atoms with Crippen molar-refractivity contribution in [3.8, 4) is 22.3 Å². The number of benzene rings is 9. The Morgan fingerprint density at radius 1 is 0.364 bits per heavy atom. The molecule has 3 heterocycles. The molecule has 0 unspecified atom stereocenters. The molecule has 66 heavy (non-hydrogen) atoms. The molecule has 0 N–H and O–H groups in total. The molecule has 314 valence electrons. The highest BCUT2D eigenvalue weighted by atomic mass is 16.3. The third-order valence-electron chi connectivity index (χ3n) is 14.8. The van der Waals surface area contributed by atoms with Gasteiger partial charge in [-0.05, 0) is 93.1 Å². The van der Waals surface area contributed by atoms with Gasteiger partial charge in [-0.15, -0.1) is 0 Å². The molecule has 2 aliphatic carbocycles. The van der Waals surface area contributed by atoms with Crippen molar-refractivity contribution < 1.29 is 13.3 Å². The molecule has 4 heteroatoms. The smallest absolute Gasteiger partial charge is 0.159 e. The van der Waals surface area contributed by atoms with Crippen LogP contribution in [0.15, 0.2) is 201 Å². The van der Waals surface area contributed by atoms with Crippen molar-refractivity contribution in [2.45, 2.75) is 38.5 Å². The Balaban J connectivity index is 0.933. The molecule has 3 aromatic heterocycles. The third kappa shape index (κ3) is 4.93. The van der Waals surface area contributed by atoms with Crippen LogP contribution in [0.25, 0.3) is 99.2 Å². The summed E-state index contributed by atoms with van der Waals surface area (Å²) < 4.78 is 20.2. The molecule has 0 atom stereocenters. The maximum absolute atomic E-state index is 7.04. The summed E-state index contributed by atoms with van der Waals surface area (Å²) in [6.07, 6.45) is 0. The van der Waals surface area contributed by atoms with Crippen LogP contribution in [0.1, 0.15) is 49.9 Å². The quantitative estimate of drug-likeness (QED) is 0.173. The summed E-state index contributed by atoms with van der Waals surface area (Å²) in [4.78, 5) is 2.34. The first-order valence-corrected chi connectivity index (χ1v) is 22.9. The molecule has 4 nitrogen and oxygen atoms in total. The highest BCUT2D eigenvalue weighted by molar-refractivity contribution is 6.23. The van der Waals surface area contributed by atoms with Gasteiger partial charge in [-0.3, -0.25) is 0 Å². The summed E-state index contributed by atoms with van der Waals surface area (Å²) >= 11 is 0. The van der Waals surface area contributed by atoms with Crippen molar-refractivity contribution in [2.75, 3.05) is 4.90 Å². The maximum Gasteiger partial charge on any atom is 0.159 e. The van der Waals surface area contributed by atoms with Crippen molar-refractivity contribution in [1.82, 2.24) is 0 Å². The van der Waals surface area contributed by atoms with E-state index >= 15 is 0 Å². The van der Waals surface area contributed by atoms with E-state index in [9.17, 15) is 0 Å². The van der Waals surface area contributed by atoms with Gasteiger partial charge in [0.15, 0.2) is 5.58 Å². The average Bonchev–Trinajstić information content (AvgIpc) is 4.14. The van der Waals surface area contributed by atoms with E-state index in [1.165, 1.54) is 49.6 Å². The van der Waals surface area contributed by atoms with Gasteiger partial charge in [-0.25, -0.2) is 0 Å². The van der Waals surface area contributed by atoms with Gasteiger partial charge >= 0.3 is 0 Å². The third-order valence-corrected chi connectivity index (χ3v) is 14.8. The molecule has 0 fully saturated rings. The monoisotopic (exact) mass is 849 g/mol. The van der Waals surface area contributed by atoms with Crippen LogP contribution in [0.5, 0.6) is 0 Å². The van der Waals surface area contributed by atoms with Gasteiger partial charge in [0, 0.05) is 60.0 Å². The summed E-state index contributed by atoms with van der Waals surface area (Å²) in [5.41, 5.74) is 20.5. The zero-order valence-electron chi connectivity index (χ0n) is 37.1. The van der Waals surface area contributed by atoms with E-state index in [1.807, 2.05) is 12.1 Å². The Morgan fingerprint density at radius 2 is 0.970 bits per heavy atom. The van der Waals surface area contributed by atoms with E-state index in [-0.39, 0.29) is 10.8 Å². The summed E-state index contributed by atoms with van der Waals surface area (Å²) in [6.45, 7) is 9.61. The van der Waals surface area contributed by atoms with Crippen molar-refractivity contribution in [2.24, 2.45) is 0 Å². The number of para-hydroxylation sites is 5. The highest BCUT2D eigenvalue weighted by Crippen LogP contribution is 2.65. The number of hydrogen-bond acceptors (Lipinski definition) is 4. The zero-order chi connectivity index (χ0) is 44.1. The van der Waals surface area contributed by atoms with Gasteiger partial charge in [0.05, 0.1) is 11.4 Å². The van der Waals surface area contributed by atoms with Crippen molar-refractivity contribution >= 4 is 94.0 Å². The van der Waals surface area contributed by atoms with Crippen LogP contribution < -0.4 is 4.90 Å². The first-order chi connectivity index (χ1) is 32.3. The minimum Gasteiger partial charge on any atom is -0.456 e. The molecule has 0 aliphatic heterocycles. The number of furan rings is 3. The Hall–Kier alpha value is -8.08. The minimum atomic E-state index is -0.289. The summed E-state index contributed by atoms with van der Waals surface area (Å²) in [6, 6.07) is 67.1. The normalized spacial score (nSPS) is 14.8. The van der Waals surface area contributed by atoms with E-state index in [1.54, 1.807) is 0 Å². The predicted octanol–water partition coefficient (Wildman–Crippen LogP) is 17.7. The van der Waals surface area contributed by atoms with Gasteiger partial charge < -0.3 is 18.2 Å². The first-order valence-electron chi connectivity index (χ1n) is 22.9. The lowest BCUT2D eigenvalue weighted by molar-refractivity contribution is 0.664. The fraction of sp³-hybridized carbons (Fsp3) is 0.0968. The number of allylic oxidation sites excluding steroid dienone is 2. The molecular formula is C62H43NO3. The van der Waals surface area contributed by atoms with Crippen LogP contribution in [-0.4, -0.2) is 0 Å². The highest BCUT2D eigenvalue weighted by Gasteiger charge is 2.51.